The lowest BCUT2D eigenvalue weighted by molar-refractivity contribution is -0.132. The molecule has 2 unspecified atom stereocenters. The maximum absolute atomic E-state index is 11.6. The minimum atomic E-state index is -1.28. The Balaban J connectivity index is 1.53. The van der Waals surface area contributed by atoms with Crippen LogP contribution < -0.4 is 5.32 Å². The molecule has 9 nitrogen and oxygen atoms in total. The number of nitrogens with zero attached hydrogens (tertiary/aromatic N) is 2. The number of fused-ring (bicyclic) bond motifs is 1. The van der Waals surface area contributed by atoms with E-state index in [1.54, 1.807) is 25.1 Å². The zero-order chi connectivity index (χ0) is 30.2. The van der Waals surface area contributed by atoms with E-state index in [4.69, 9.17) is 19.6 Å². The van der Waals surface area contributed by atoms with E-state index >= 15 is 0 Å². The highest BCUT2D eigenvalue weighted by Crippen LogP contribution is 2.29. The van der Waals surface area contributed by atoms with E-state index in [-0.39, 0.29) is 24.2 Å². The maximum Gasteiger partial charge on any atom is 0.342 e. The summed E-state index contributed by atoms with van der Waals surface area (Å²) in [6, 6.07) is 12.3. The first-order chi connectivity index (χ1) is 20.2. The summed E-state index contributed by atoms with van der Waals surface area (Å²) in [5, 5.41) is 19.8. The van der Waals surface area contributed by atoms with Gasteiger partial charge in [-0.15, -0.1) is 0 Å². The van der Waals surface area contributed by atoms with Crippen molar-refractivity contribution in [3.8, 4) is 0 Å². The van der Waals surface area contributed by atoms with Crippen molar-refractivity contribution >= 4 is 23.6 Å². The predicted molar refractivity (Wildman–Crippen MR) is 164 cm³/mol. The second-order valence-corrected chi connectivity index (χ2v) is 10.4. The van der Waals surface area contributed by atoms with E-state index in [9.17, 15) is 9.90 Å². The van der Waals surface area contributed by atoms with Crippen molar-refractivity contribution in [2.75, 3.05) is 25.1 Å². The zero-order valence-electron chi connectivity index (χ0n) is 24.6. The van der Waals surface area contributed by atoms with Crippen LogP contribution in [0.5, 0.6) is 0 Å². The molecule has 2 aliphatic rings. The smallest absolute Gasteiger partial charge is 0.342 e. The van der Waals surface area contributed by atoms with Crippen LogP contribution in [-0.4, -0.2) is 59.1 Å². The van der Waals surface area contributed by atoms with E-state index in [2.05, 4.69) is 53.5 Å². The summed E-state index contributed by atoms with van der Waals surface area (Å²) in [6.45, 7) is 17.3. The van der Waals surface area contributed by atoms with Gasteiger partial charge in [0.05, 0.1) is 18.4 Å². The largest absolute Gasteiger partial charge is 0.488 e. The summed E-state index contributed by atoms with van der Waals surface area (Å²) in [5.74, 6) is -0.426. The average molecular weight is 573 g/mol. The fourth-order valence-corrected chi connectivity index (χ4v) is 5.42. The second-order valence-electron chi connectivity index (χ2n) is 10.4. The molecule has 42 heavy (non-hydrogen) atoms. The van der Waals surface area contributed by atoms with Gasteiger partial charge >= 0.3 is 5.97 Å². The Bertz CT molecular complexity index is 1410. The SMILES string of the molecule is C=C/C(=C(/OCc1ccc2c(c1)CCN(C1CCOC1C)C2)C(=C)C)c1cccc(N/C(OCC)=C(\C=N)C(=O)O)n1. The molecule has 1 saturated heterocycles. The first-order valence-corrected chi connectivity index (χ1v) is 14.2. The summed E-state index contributed by atoms with van der Waals surface area (Å²) < 4.78 is 17.6. The van der Waals surface area contributed by atoms with Gasteiger partial charge in [0.2, 0.25) is 5.88 Å². The van der Waals surface area contributed by atoms with Gasteiger partial charge in [-0.05, 0) is 68.0 Å². The number of rotatable bonds is 13. The molecule has 3 heterocycles. The quantitative estimate of drug-likeness (QED) is 0.121. The third-order valence-corrected chi connectivity index (χ3v) is 7.51. The van der Waals surface area contributed by atoms with Crippen LogP contribution in [0.2, 0.25) is 0 Å². The van der Waals surface area contributed by atoms with Crippen molar-refractivity contribution in [2.24, 2.45) is 0 Å². The first kappa shape index (κ1) is 30.7. The Morgan fingerprint density at radius 2 is 2.10 bits per heavy atom. The number of carboxylic acids is 1. The molecule has 3 N–H and O–H groups in total. The predicted octanol–water partition coefficient (Wildman–Crippen LogP) is 5.70. The minimum Gasteiger partial charge on any atom is -0.488 e. The van der Waals surface area contributed by atoms with Gasteiger partial charge in [-0.2, -0.15) is 0 Å². The first-order valence-electron chi connectivity index (χ1n) is 14.2. The number of carbonyl (C=O) groups is 1. The lowest BCUT2D eigenvalue weighted by Crippen LogP contribution is -2.42. The number of ether oxygens (including phenoxy) is 3. The molecule has 4 rings (SSSR count). The number of carboxylic acid groups (broad SMARTS) is 1. The van der Waals surface area contributed by atoms with Crippen LogP contribution in [0.1, 0.15) is 49.6 Å². The van der Waals surface area contributed by atoms with Gasteiger partial charge in [-0.25, -0.2) is 9.78 Å². The number of aromatic nitrogens is 1. The Kier molecular flexibility index (Phi) is 10.3. The molecule has 222 valence electrons. The monoisotopic (exact) mass is 572 g/mol. The maximum atomic E-state index is 11.6. The molecule has 2 atom stereocenters. The van der Waals surface area contributed by atoms with Crippen molar-refractivity contribution in [1.82, 2.24) is 9.88 Å². The second kappa shape index (κ2) is 14.1. The summed E-state index contributed by atoms with van der Waals surface area (Å²) in [6.07, 6.45) is 4.77. The molecule has 1 aromatic carbocycles. The molecule has 0 radical (unpaired) electrons. The number of hydrogen-bond donors (Lipinski definition) is 3. The number of allylic oxidation sites excluding steroid dienone is 3. The molecule has 2 aromatic rings. The number of pyridine rings is 1. The van der Waals surface area contributed by atoms with Gasteiger partial charge in [0.25, 0.3) is 0 Å². The third kappa shape index (κ3) is 7.16. The highest BCUT2D eigenvalue weighted by molar-refractivity contribution is 6.08. The molecular weight excluding hydrogens is 532 g/mol. The van der Waals surface area contributed by atoms with Crippen LogP contribution in [0.25, 0.3) is 5.57 Å². The fourth-order valence-electron chi connectivity index (χ4n) is 5.42. The van der Waals surface area contributed by atoms with E-state index in [0.29, 0.717) is 35.5 Å². The van der Waals surface area contributed by atoms with Gasteiger partial charge in [-0.3, -0.25) is 4.90 Å². The summed E-state index contributed by atoms with van der Waals surface area (Å²) >= 11 is 0. The number of benzene rings is 1. The zero-order valence-corrected chi connectivity index (χ0v) is 24.6. The van der Waals surface area contributed by atoms with E-state index < -0.39 is 5.97 Å². The highest BCUT2D eigenvalue weighted by atomic mass is 16.5. The van der Waals surface area contributed by atoms with Crippen LogP contribution in [-0.2, 0) is 38.6 Å². The Labute approximate surface area is 247 Å². The number of hydrogen-bond acceptors (Lipinski definition) is 8. The fraction of sp³-hybridized carbons (Fsp3) is 0.364. The van der Waals surface area contributed by atoms with Gasteiger partial charge in [0.15, 0.2) is 0 Å². The molecule has 0 bridgehead atoms. The van der Waals surface area contributed by atoms with Crippen molar-refractivity contribution in [2.45, 2.75) is 58.9 Å². The van der Waals surface area contributed by atoms with E-state index in [0.717, 1.165) is 49.9 Å². The number of anilines is 1. The van der Waals surface area contributed by atoms with Crippen molar-refractivity contribution in [3.05, 3.63) is 101 Å². The molecule has 1 fully saturated rings. The summed E-state index contributed by atoms with van der Waals surface area (Å²) in [7, 11) is 0. The van der Waals surface area contributed by atoms with Crippen molar-refractivity contribution < 1.29 is 24.1 Å². The molecule has 0 spiro atoms. The normalized spacial score (nSPS) is 19.6. The molecule has 2 aliphatic heterocycles. The van der Waals surface area contributed by atoms with Crippen LogP contribution in [0.4, 0.5) is 5.82 Å². The van der Waals surface area contributed by atoms with Gasteiger partial charge in [0.1, 0.15) is 23.8 Å². The van der Waals surface area contributed by atoms with Crippen LogP contribution in [0.15, 0.2) is 78.4 Å². The van der Waals surface area contributed by atoms with Crippen LogP contribution in [0.3, 0.4) is 0 Å². The molecule has 1 aromatic heterocycles. The molecule has 0 saturated carbocycles. The minimum absolute atomic E-state index is 0.0632. The third-order valence-electron chi connectivity index (χ3n) is 7.51. The molecule has 0 aliphatic carbocycles. The number of nitrogens with one attached hydrogen (secondary N) is 2. The van der Waals surface area contributed by atoms with Gasteiger partial charge in [-0.1, -0.05) is 43.5 Å². The van der Waals surface area contributed by atoms with Gasteiger partial charge < -0.3 is 30.0 Å². The molecular formula is C33H40N4O5. The Morgan fingerprint density at radius 1 is 1.29 bits per heavy atom. The standard InChI is InChI=1S/C33H40N4O5/c1-6-26(28-9-8-10-30(35-28)36-32(40-7-2)27(18-34)33(38)39)31(21(3)4)42-20-23-11-12-25-19-37(15-13-24(25)17-23)29-14-16-41-22(29)5/h6,8-12,17-18,22,29,34H,1,3,7,13-16,19-20H2,2,4-5H3,(H,35,36)(H,38,39)/b31-26-,32-27-,34-18?. The van der Waals surface area contributed by atoms with E-state index in [1.165, 1.54) is 11.1 Å². The Morgan fingerprint density at radius 3 is 2.74 bits per heavy atom. The average Bonchev–Trinajstić information content (AvgIpc) is 3.40. The lowest BCUT2D eigenvalue weighted by atomic mass is 9.95. The summed E-state index contributed by atoms with van der Waals surface area (Å²) in [5.41, 5.74) is 5.41. The van der Waals surface area contributed by atoms with E-state index in [1.807, 2.05) is 13.0 Å². The topological polar surface area (TPSA) is 117 Å². The van der Waals surface area contributed by atoms with Crippen molar-refractivity contribution in [1.29, 1.82) is 5.41 Å². The molecule has 0 amide bonds. The number of aliphatic carboxylic acids is 1. The highest BCUT2D eigenvalue weighted by Gasteiger charge is 2.32. The molecule has 9 heteroatoms. The van der Waals surface area contributed by atoms with Crippen molar-refractivity contribution in [3.63, 3.8) is 0 Å². The lowest BCUT2D eigenvalue weighted by Gasteiger charge is -2.35. The van der Waals surface area contributed by atoms with Crippen LogP contribution in [0, 0.1) is 5.41 Å². The Hall–Kier alpha value is -4.21. The van der Waals surface area contributed by atoms with Crippen LogP contribution >= 0.6 is 0 Å². The van der Waals surface area contributed by atoms with Gasteiger partial charge in [0, 0.05) is 37.5 Å². The summed E-state index contributed by atoms with van der Waals surface area (Å²) in [4.78, 5) is 18.8.